The number of amides is 1. The molecule has 0 radical (unpaired) electrons. The quantitative estimate of drug-likeness (QED) is 0.533. The van der Waals surface area contributed by atoms with Crippen LogP contribution in [0.25, 0.3) is 0 Å². The number of carbonyl (C=O) groups excluding carboxylic acids is 1. The van der Waals surface area contributed by atoms with Crippen LogP contribution in [-0.2, 0) is 4.79 Å². The summed E-state index contributed by atoms with van der Waals surface area (Å²) in [4.78, 5) is 25.6. The van der Waals surface area contributed by atoms with Crippen molar-refractivity contribution >= 4 is 29.2 Å². The molecule has 0 unspecified atom stereocenters. The third-order valence-electron chi connectivity index (χ3n) is 2.75. The third kappa shape index (κ3) is 3.72. The fraction of sp³-hybridized carbons (Fsp3) is 0.0667. The van der Waals surface area contributed by atoms with Gasteiger partial charge in [0, 0.05) is 19.2 Å². The van der Waals surface area contributed by atoms with Crippen LogP contribution < -0.4 is 5.32 Å². The molecule has 22 heavy (non-hydrogen) atoms. The molecule has 112 valence electrons. The van der Waals surface area contributed by atoms with Crippen molar-refractivity contribution in [1.82, 2.24) is 0 Å². The highest BCUT2D eigenvalue weighted by molar-refractivity contribution is 5.94. The number of nitro benzene ring substituents is 1. The summed E-state index contributed by atoms with van der Waals surface area (Å²) in [5.41, 5.74) is 0.720. The predicted octanol–water partition coefficient (Wildman–Crippen LogP) is 3.44. The van der Waals surface area contributed by atoms with Gasteiger partial charge in [-0.25, -0.2) is 4.39 Å². The largest absolute Gasteiger partial charge is 0.324 e. The van der Waals surface area contributed by atoms with Gasteiger partial charge in [0.15, 0.2) is 0 Å². The van der Waals surface area contributed by atoms with Crippen LogP contribution in [0.3, 0.4) is 0 Å². The zero-order valence-corrected chi connectivity index (χ0v) is 11.6. The number of para-hydroxylation sites is 1. The molecular weight excluding hydrogens is 289 g/mol. The molecule has 2 aromatic carbocycles. The van der Waals surface area contributed by atoms with Crippen molar-refractivity contribution in [2.45, 2.75) is 6.92 Å². The fourth-order valence-electron chi connectivity index (χ4n) is 1.81. The van der Waals surface area contributed by atoms with Crippen molar-refractivity contribution in [2.75, 3.05) is 5.32 Å². The lowest BCUT2D eigenvalue weighted by atomic mass is 10.2. The van der Waals surface area contributed by atoms with E-state index in [9.17, 15) is 19.3 Å². The summed E-state index contributed by atoms with van der Waals surface area (Å²) < 4.78 is 13.2. The number of anilines is 1. The van der Waals surface area contributed by atoms with Crippen LogP contribution >= 0.6 is 0 Å². The summed E-state index contributed by atoms with van der Waals surface area (Å²) in [6.45, 7) is 1.29. The van der Waals surface area contributed by atoms with E-state index in [-0.39, 0.29) is 17.3 Å². The van der Waals surface area contributed by atoms with E-state index in [4.69, 9.17) is 0 Å². The minimum atomic E-state index is -0.520. The first-order valence-corrected chi connectivity index (χ1v) is 6.32. The Bertz CT molecular complexity index is 759. The monoisotopic (exact) mass is 301 g/mol. The van der Waals surface area contributed by atoms with Crippen LogP contribution in [0.2, 0.25) is 0 Å². The van der Waals surface area contributed by atoms with Crippen LogP contribution in [0.5, 0.6) is 0 Å². The van der Waals surface area contributed by atoms with Gasteiger partial charge in [-0.05, 0) is 24.3 Å². The van der Waals surface area contributed by atoms with Crippen LogP contribution in [0.1, 0.15) is 12.5 Å². The summed E-state index contributed by atoms with van der Waals surface area (Å²) >= 11 is 0. The number of carbonyl (C=O) groups is 1. The molecule has 0 fully saturated rings. The Hall–Kier alpha value is -3.09. The van der Waals surface area contributed by atoms with E-state index in [2.05, 4.69) is 10.3 Å². The number of nitrogens with zero attached hydrogens (tertiary/aromatic N) is 2. The second-order valence-corrected chi connectivity index (χ2v) is 4.42. The van der Waals surface area contributed by atoms with Crippen molar-refractivity contribution in [3.63, 3.8) is 0 Å². The second kappa shape index (κ2) is 6.57. The number of halogens is 1. The minimum Gasteiger partial charge on any atom is -0.324 e. The van der Waals surface area contributed by atoms with Gasteiger partial charge in [0.25, 0.3) is 5.69 Å². The van der Waals surface area contributed by atoms with Gasteiger partial charge in [0.2, 0.25) is 5.91 Å². The molecule has 0 saturated heterocycles. The molecule has 6 nitrogen and oxygen atoms in total. The summed E-state index contributed by atoms with van der Waals surface area (Å²) in [6.07, 6.45) is 1.30. The molecule has 1 amide bonds. The van der Waals surface area contributed by atoms with Crippen molar-refractivity contribution in [1.29, 1.82) is 0 Å². The van der Waals surface area contributed by atoms with Gasteiger partial charge >= 0.3 is 0 Å². The van der Waals surface area contributed by atoms with Crippen LogP contribution in [0.15, 0.2) is 47.5 Å². The lowest BCUT2D eigenvalue weighted by molar-refractivity contribution is -0.385. The van der Waals surface area contributed by atoms with E-state index in [1.165, 1.54) is 31.3 Å². The van der Waals surface area contributed by atoms with Gasteiger partial charge in [0.1, 0.15) is 5.82 Å². The SMILES string of the molecule is CC(=O)Nc1cc(F)ccc1N=Cc1ccccc1[N+](=O)[O-]. The highest BCUT2D eigenvalue weighted by Crippen LogP contribution is 2.26. The standard InChI is InChI=1S/C15H12FN3O3/c1-10(20)18-14-8-12(16)6-7-13(14)17-9-11-4-2-3-5-15(11)19(21)22/h2-9H,1H3,(H,18,20). The van der Waals surface area contributed by atoms with Crippen molar-refractivity contribution in [3.05, 3.63) is 64.0 Å². The highest BCUT2D eigenvalue weighted by atomic mass is 19.1. The molecule has 0 heterocycles. The number of nitrogens with one attached hydrogen (secondary N) is 1. The van der Waals surface area contributed by atoms with E-state index in [1.807, 2.05) is 0 Å². The first-order chi connectivity index (χ1) is 10.5. The molecule has 0 spiro atoms. The third-order valence-corrected chi connectivity index (χ3v) is 2.75. The summed E-state index contributed by atoms with van der Waals surface area (Å²) in [5, 5.41) is 13.4. The lowest BCUT2D eigenvalue weighted by Crippen LogP contribution is -2.06. The van der Waals surface area contributed by atoms with E-state index in [0.717, 1.165) is 6.07 Å². The van der Waals surface area contributed by atoms with Gasteiger partial charge in [-0.3, -0.25) is 19.9 Å². The van der Waals surface area contributed by atoms with E-state index in [0.29, 0.717) is 11.3 Å². The molecule has 1 N–H and O–H groups in total. The average molecular weight is 301 g/mol. The number of nitro groups is 1. The van der Waals surface area contributed by atoms with Crippen molar-refractivity contribution in [2.24, 2.45) is 4.99 Å². The lowest BCUT2D eigenvalue weighted by Gasteiger charge is -2.06. The van der Waals surface area contributed by atoms with Gasteiger partial charge in [-0.1, -0.05) is 12.1 Å². The predicted molar refractivity (Wildman–Crippen MR) is 81.1 cm³/mol. The normalized spacial score (nSPS) is 10.6. The molecule has 2 aromatic rings. The smallest absolute Gasteiger partial charge is 0.278 e. The molecule has 0 aliphatic heterocycles. The number of hydrogen-bond acceptors (Lipinski definition) is 4. The van der Waals surface area contributed by atoms with E-state index in [1.54, 1.807) is 18.2 Å². The maximum atomic E-state index is 13.2. The zero-order valence-electron chi connectivity index (χ0n) is 11.6. The molecule has 0 saturated carbocycles. The minimum absolute atomic E-state index is 0.0885. The van der Waals surface area contributed by atoms with Gasteiger partial charge in [0.05, 0.1) is 21.9 Å². The summed E-state index contributed by atoms with van der Waals surface area (Å²) in [5.74, 6) is -0.888. The maximum absolute atomic E-state index is 13.2. The number of hydrogen-bond donors (Lipinski definition) is 1. The van der Waals surface area contributed by atoms with Gasteiger partial charge in [-0.2, -0.15) is 0 Å². The topological polar surface area (TPSA) is 84.6 Å². The molecule has 7 heteroatoms. The summed E-state index contributed by atoms with van der Waals surface area (Å²) in [7, 11) is 0. The highest BCUT2D eigenvalue weighted by Gasteiger charge is 2.10. The Morgan fingerprint density at radius 1 is 1.32 bits per heavy atom. The molecule has 0 aliphatic carbocycles. The van der Waals surface area contributed by atoms with E-state index < -0.39 is 10.7 Å². The van der Waals surface area contributed by atoms with Crippen LogP contribution in [0.4, 0.5) is 21.5 Å². The average Bonchev–Trinajstić information content (AvgIpc) is 2.46. The van der Waals surface area contributed by atoms with Crippen LogP contribution in [0, 0.1) is 15.9 Å². The Morgan fingerprint density at radius 2 is 2.05 bits per heavy atom. The Kier molecular flexibility index (Phi) is 4.57. The summed E-state index contributed by atoms with van der Waals surface area (Å²) in [6, 6.07) is 9.81. The number of rotatable bonds is 4. The Balaban J connectivity index is 2.38. The number of aliphatic imine (C=N–C) groups is 1. The molecule has 0 atom stereocenters. The Labute approximate surface area is 125 Å². The molecule has 0 aromatic heterocycles. The van der Waals surface area contributed by atoms with E-state index >= 15 is 0 Å². The molecular formula is C15H12FN3O3. The van der Waals surface area contributed by atoms with Gasteiger partial charge < -0.3 is 5.32 Å². The van der Waals surface area contributed by atoms with Crippen molar-refractivity contribution < 1.29 is 14.1 Å². The van der Waals surface area contributed by atoms with Crippen molar-refractivity contribution in [3.8, 4) is 0 Å². The maximum Gasteiger partial charge on any atom is 0.278 e. The fourth-order valence-corrected chi connectivity index (χ4v) is 1.81. The van der Waals surface area contributed by atoms with Crippen LogP contribution in [-0.4, -0.2) is 17.0 Å². The first-order valence-electron chi connectivity index (χ1n) is 6.32. The zero-order chi connectivity index (χ0) is 16.1. The molecule has 0 bridgehead atoms. The molecule has 0 aliphatic rings. The second-order valence-electron chi connectivity index (χ2n) is 4.42. The first kappa shape index (κ1) is 15.3. The number of benzene rings is 2. The Morgan fingerprint density at radius 3 is 2.73 bits per heavy atom. The van der Waals surface area contributed by atoms with Gasteiger partial charge in [-0.15, -0.1) is 0 Å². The molecule has 2 rings (SSSR count).